The number of ketones is 1. The molecule has 1 aromatic rings. The van der Waals surface area contributed by atoms with Gasteiger partial charge in [-0.15, -0.1) is 0 Å². The van der Waals surface area contributed by atoms with E-state index in [-0.39, 0.29) is 24.1 Å². The fraction of sp³-hybridized carbons (Fsp3) is 0.478. The lowest BCUT2D eigenvalue weighted by Gasteiger charge is -2.41. The Morgan fingerprint density at radius 3 is 2.57 bits per heavy atom. The highest BCUT2D eigenvalue weighted by Gasteiger charge is 2.47. The van der Waals surface area contributed by atoms with E-state index in [1.165, 1.54) is 0 Å². The molecule has 1 aliphatic carbocycles. The molecule has 3 aliphatic rings. The number of halogens is 1. The molecule has 2 unspecified atom stereocenters. The molecular formula is C23H26BrNO5. The summed E-state index contributed by atoms with van der Waals surface area (Å²) in [6.07, 6.45) is 2.25. The van der Waals surface area contributed by atoms with Crippen LogP contribution in [0.15, 0.2) is 39.6 Å². The van der Waals surface area contributed by atoms with E-state index in [0.717, 1.165) is 15.7 Å². The van der Waals surface area contributed by atoms with Crippen molar-refractivity contribution in [3.8, 4) is 11.5 Å². The Hall–Kier alpha value is -2.28. The molecule has 6 nitrogen and oxygen atoms in total. The number of hydrogen-bond donors (Lipinski definition) is 1. The topological polar surface area (TPSA) is 73.9 Å². The Balaban J connectivity index is 1.91. The van der Waals surface area contributed by atoms with Gasteiger partial charge in [-0.05, 0) is 43.9 Å². The molecule has 2 aliphatic heterocycles. The third-order valence-corrected chi connectivity index (χ3v) is 6.31. The minimum Gasteiger partial charge on any atom is -0.460 e. The lowest BCUT2D eigenvalue weighted by molar-refractivity contribution is -0.143. The van der Waals surface area contributed by atoms with Gasteiger partial charge >= 0.3 is 5.97 Å². The zero-order valence-corrected chi connectivity index (χ0v) is 19.4. The highest BCUT2D eigenvalue weighted by molar-refractivity contribution is 9.10. The first-order valence-electron chi connectivity index (χ1n) is 10.1. The largest absolute Gasteiger partial charge is 0.460 e. The van der Waals surface area contributed by atoms with Crippen molar-refractivity contribution in [2.75, 3.05) is 6.79 Å². The van der Waals surface area contributed by atoms with Gasteiger partial charge in [0.1, 0.15) is 5.78 Å². The number of esters is 1. The van der Waals surface area contributed by atoms with Crippen molar-refractivity contribution >= 4 is 27.7 Å². The van der Waals surface area contributed by atoms with Crippen molar-refractivity contribution in [2.24, 2.45) is 11.3 Å². The number of nitrogens with one attached hydrogen (secondary N) is 1. The van der Waals surface area contributed by atoms with Gasteiger partial charge in [0.15, 0.2) is 11.5 Å². The molecule has 0 saturated carbocycles. The molecule has 0 aromatic heterocycles. The quantitative estimate of drug-likeness (QED) is 0.644. The van der Waals surface area contributed by atoms with Crippen LogP contribution in [0.1, 0.15) is 52.5 Å². The summed E-state index contributed by atoms with van der Waals surface area (Å²) in [7, 11) is 0. The van der Waals surface area contributed by atoms with Crippen LogP contribution < -0.4 is 14.8 Å². The molecule has 0 spiro atoms. The first kappa shape index (κ1) is 21.0. The number of benzene rings is 1. The van der Waals surface area contributed by atoms with Gasteiger partial charge in [0.2, 0.25) is 6.79 Å². The van der Waals surface area contributed by atoms with Crippen LogP contribution >= 0.6 is 15.9 Å². The van der Waals surface area contributed by atoms with Crippen LogP contribution in [-0.2, 0) is 14.3 Å². The summed E-state index contributed by atoms with van der Waals surface area (Å²) in [6.45, 7) is 9.72. The molecule has 7 heteroatoms. The van der Waals surface area contributed by atoms with Gasteiger partial charge < -0.3 is 19.5 Å². The summed E-state index contributed by atoms with van der Waals surface area (Å²) in [5.74, 6) is -0.0546. The van der Waals surface area contributed by atoms with Crippen LogP contribution in [0.3, 0.4) is 0 Å². The van der Waals surface area contributed by atoms with Gasteiger partial charge in [0.05, 0.1) is 17.6 Å². The summed E-state index contributed by atoms with van der Waals surface area (Å²) < 4.78 is 17.4. The third-order valence-electron chi connectivity index (χ3n) is 5.63. The van der Waals surface area contributed by atoms with Crippen LogP contribution in [0.5, 0.6) is 11.5 Å². The average Bonchev–Trinajstić information content (AvgIpc) is 3.04. The average molecular weight is 476 g/mol. The highest BCUT2D eigenvalue weighted by atomic mass is 79.9. The maximum atomic E-state index is 13.3. The summed E-state index contributed by atoms with van der Waals surface area (Å²) in [5.41, 5.74) is 2.56. The van der Waals surface area contributed by atoms with Crippen molar-refractivity contribution in [3.05, 3.63) is 45.2 Å². The van der Waals surface area contributed by atoms with E-state index >= 15 is 0 Å². The van der Waals surface area contributed by atoms with Gasteiger partial charge in [-0.2, -0.15) is 0 Å². The Labute approximate surface area is 184 Å². The molecule has 0 bridgehead atoms. The molecular weight excluding hydrogens is 450 g/mol. The van der Waals surface area contributed by atoms with Crippen molar-refractivity contribution in [3.63, 3.8) is 0 Å². The molecule has 30 heavy (non-hydrogen) atoms. The van der Waals surface area contributed by atoms with Gasteiger partial charge in [-0.3, -0.25) is 4.79 Å². The van der Waals surface area contributed by atoms with E-state index in [9.17, 15) is 9.59 Å². The van der Waals surface area contributed by atoms with Crippen molar-refractivity contribution in [2.45, 2.75) is 53.1 Å². The summed E-state index contributed by atoms with van der Waals surface area (Å²) >= 11 is 3.63. The number of ether oxygens (including phenoxy) is 3. The minimum absolute atomic E-state index is 0.0990. The van der Waals surface area contributed by atoms with Crippen molar-refractivity contribution in [1.82, 2.24) is 5.32 Å². The Bertz CT molecular complexity index is 992. The van der Waals surface area contributed by atoms with E-state index in [1.807, 2.05) is 46.8 Å². The van der Waals surface area contributed by atoms with Gasteiger partial charge in [-0.1, -0.05) is 35.9 Å². The lowest BCUT2D eigenvalue weighted by Crippen LogP contribution is -2.43. The second-order valence-corrected chi connectivity index (χ2v) is 9.89. The first-order chi connectivity index (χ1) is 14.1. The molecule has 0 amide bonds. The normalized spacial score (nSPS) is 24.4. The van der Waals surface area contributed by atoms with Crippen LogP contribution in [0.4, 0.5) is 0 Å². The van der Waals surface area contributed by atoms with E-state index in [2.05, 4.69) is 27.3 Å². The number of carbonyl (C=O) groups excluding carboxylic acids is 2. The first-order valence-corrected chi connectivity index (χ1v) is 10.9. The van der Waals surface area contributed by atoms with E-state index in [1.54, 1.807) is 0 Å². The van der Waals surface area contributed by atoms with Crippen LogP contribution in [0.2, 0.25) is 0 Å². The number of fused-ring (bicyclic) bond motifs is 2. The van der Waals surface area contributed by atoms with Crippen LogP contribution in [0, 0.1) is 11.3 Å². The third kappa shape index (κ3) is 3.64. The Morgan fingerprint density at radius 1 is 1.23 bits per heavy atom. The second-order valence-electron chi connectivity index (χ2n) is 9.03. The van der Waals surface area contributed by atoms with E-state index < -0.39 is 17.8 Å². The van der Waals surface area contributed by atoms with Crippen LogP contribution in [0.25, 0.3) is 0 Å². The molecule has 1 aromatic carbocycles. The number of hydrogen-bond acceptors (Lipinski definition) is 6. The molecule has 160 valence electrons. The lowest BCUT2D eigenvalue weighted by atomic mass is 9.66. The fourth-order valence-electron chi connectivity index (χ4n) is 4.52. The Kier molecular flexibility index (Phi) is 5.21. The number of rotatable bonds is 3. The molecule has 1 N–H and O–H groups in total. The summed E-state index contributed by atoms with van der Waals surface area (Å²) in [4.78, 5) is 26.5. The van der Waals surface area contributed by atoms with E-state index in [4.69, 9.17) is 14.2 Å². The molecule has 0 fully saturated rings. The van der Waals surface area contributed by atoms with Crippen molar-refractivity contribution in [1.29, 1.82) is 0 Å². The molecule has 0 saturated heterocycles. The van der Waals surface area contributed by atoms with Gasteiger partial charge in [0.25, 0.3) is 0 Å². The Morgan fingerprint density at radius 2 is 1.90 bits per heavy atom. The fourth-order valence-corrected chi connectivity index (χ4v) is 5.09. The number of Topliss-reactive ketones (excluding diaryl/α,β-unsaturated/α-hetero) is 1. The predicted octanol–water partition coefficient (Wildman–Crippen LogP) is 4.59. The zero-order chi connectivity index (χ0) is 21.8. The minimum atomic E-state index is -0.492. The van der Waals surface area contributed by atoms with Crippen molar-refractivity contribution < 1.29 is 23.8 Å². The van der Waals surface area contributed by atoms with Crippen LogP contribution in [-0.4, -0.2) is 24.6 Å². The van der Waals surface area contributed by atoms with Gasteiger partial charge in [0, 0.05) is 28.2 Å². The maximum absolute atomic E-state index is 13.3. The van der Waals surface area contributed by atoms with Gasteiger partial charge in [-0.25, -0.2) is 4.79 Å². The summed E-state index contributed by atoms with van der Waals surface area (Å²) in [5, 5.41) is 3.33. The molecule has 0 radical (unpaired) electrons. The smallest absolute Gasteiger partial charge is 0.336 e. The standard InChI is InChI=1S/C23H26BrNO5/c1-11(2)30-22(27)19-12(3)25-15-8-23(4,5)9-16(26)21(15)20(19)13-6-17-18(7-14(13)24)29-10-28-17/h6-8,11,20-21,25H,9-10H2,1-5H3. The maximum Gasteiger partial charge on any atom is 0.336 e. The highest BCUT2D eigenvalue weighted by Crippen LogP contribution is 2.50. The number of carbonyl (C=O) groups is 2. The monoisotopic (exact) mass is 475 g/mol. The molecule has 2 heterocycles. The predicted molar refractivity (Wildman–Crippen MR) is 115 cm³/mol. The zero-order valence-electron chi connectivity index (χ0n) is 17.8. The molecule has 2 atom stereocenters. The second kappa shape index (κ2) is 7.45. The number of allylic oxidation sites excluding steroid dienone is 3. The van der Waals surface area contributed by atoms with E-state index in [0.29, 0.717) is 29.2 Å². The molecule has 4 rings (SSSR count). The summed E-state index contributed by atoms with van der Waals surface area (Å²) in [6, 6.07) is 3.70. The SMILES string of the molecule is CC1=C(C(=O)OC(C)C)C(c2cc3c(cc2Br)OCO3)C2C(=O)CC(C)(C)C=C2N1.